The molecule has 0 atom stereocenters. The van der Waals surface area contributed by atoms with Crippen molar-refractivity contribution >= 4 is 68.1 Å². The summed E-state index contributed by atoms with van der Waals surface area (Å²) in [7, 11) is 0. The SMILES string of the molecule is Cc1cc2c3c(c1)N1c4ccccc4C(c4ccccc4)(c4ccccc4)c4cccc(c41)B3N(c1ccc(C(C)(C)C)cc1)c1cc3oc4ccccc4c3cc1-2. The Bertz CT molecular complexity index is 3080. The van der Waals surface area contributed by atoms with Gasteiger partial charge in [-0.15, -0.1) is 0 Å². The van der Waals surface area contributed by atoms with E-state index in [1.807, 2.05) is 0 Å². The topological polar surface area (TPSA) is 19.6 Å². The Morgan fingerprint density at radius 2 is 1.21 bits per heavy atom. The molecule has 0 fully saturated rings. The molecule has 0 amide bonds. The average Bonchev–Trinajstić information content (AvgIpc) is 3.62. The van der Waals surface area contributed by atoms with E-state index in [2.05, 4.69) is 213 Å². The number of benzene rings is 8. The van der Waals surface area contributed by atoms with Gasteiger partial charge in [0.15, 0.2) is 0 Å². The summed E-state index contributed by atoms with van der Waals surface area (Å²) in [5, 5.41) is 2.28. The summed E-state index contributed by atoms with van der Waals surface area (Å²) in [6, 6.07) is 65.8. The molecule has 12 rings (SSSR count). The lowest BCUT2D eigenvalue weighted by molar-refractivity contribution is 0.590. The standard InChI is InChI=1S/C54H41BN2O/c1-34-30-42-40-32-41-39-20-11-14-25-49(39)58-50(41)33-47(40)57(38-28-26-35(27-29-38)53(2,3)4)55-45-23-15-22-44-52(45)56(48(31-34)51(42)55)46-24-13-12-21-43(46)54(44,36-16-7-5-8-17-36)37-18-9-6-10-19-37/h5-33H,1-4H3. The molecule has 0 radical (unpaired) electrons. The smallest absolute Gasteiger partial charge is 0.333 e. The van der Waals surface area contributed by atoms with E-state index in [0.717, 1.165) is 33.3 Å². The van der Waals surface area contributed by atoms with E-state index in [4.69, 9.17) is 4.42 Å². The Balaban J connectivity index is 1.23. The van der Waals surface area contributed by atoms with Crippen molar-refractivity contribution in [3.8, 4) is 11.1 Å². The van der Waals surface area contributed by atoms with E-state index in [1.54, 1.807) is 0 Å². The lowest BCUT2D eigenvalue weighted by Crippen LogP contribution is -2.62. The van der Waals surface area contributed by atoms with Crippen LogP contribution in [0, 0.1) is 6.92 Å². The van der Waals surface area contributed by atoms with Crippen LogP contribution in [0.3, 0.4) is 0 Å². The first-order valence-electron chi connectivity index (χ1n) is 20.5. The molecule has 0 saturated heterocycles. The zero-order valence-corrected chi connectivity index (χ0v) is 33.1. The molecule has 4 heterocycles. The van der Waals surface area contributed by atoms with E-state index in [-0.39, 0.29) is 12.3 Å². The predicted octanol–water partition coefficient (Wildman–Crippen LogP) is 12.6. The Morgan fingerprint density at radius 3 is 1.95 bits per heavy atom. The van der Waals surface area contributed by atoms with Gasteiger partial charge in [0.05, 0.1) is 11.1 Å². The predicted molar refractivity (Wildman–Crippen MR) is 243 cm³/mol. The van der Waals surface area contributed by atoms with Crippen molar-refractivity contribution < 1.29 is 4.42 Å². The molecular weight excluding hydrogens is 703 g/mol. The largest absolute Gasteiger partial charge is 0.456 e. The van der Waals surface area contributed by atoms with Gasteiger partial charge in [0, 0.05) is 45.2 Å². The van der Waals surface area contributed by atoms with Gasteiger partial charge in [-0.2, -0.15) is 0 Å². The molecule has 3 aliphatic rings. The van der Waals surface area contributed by atoms with Crippen LogP contribution in [0.4, 0.5) is 28.4 Å². The quantitative estimate of drug-likeness (QED) is 0.168. The van der Waals surface area contributed by atoms with Crippen LogP contribution in [0.5, 0.6) is 0 Å². The number of furan rings is 1. The molecule has 0 bridgehead atoms. The molecule has 0 spiro atoms. The maximum absolute atomic E-state index is 6.65. The summed E-state index contributed by atoms with van der Waals surface area (Å²) in [5.41, 5.74) is 20.1. The average molecular weight is 745 g/mol. The van der Waals surface area contributed by atoms with Gasteiger partial charge >= 0.3 is 6.85 Å². The van der Waals surface area contributed by atoms with Crippen LogP contribution >= 0.6 is 0 Å². The third-order valence-electron chi connectivity index (χ3n) is 13.1. The normalized spacial score (nSPS) is 14.6. The molecule has 58 heavy (non-hydrogen) atoms. The first kappa shape index (κ1) is 33.4. The fourth-order valence-electron chi connectivity index (χ4n) is 10.6. The fourth-order valence-corrected chi connectivity index (χ4v) is 10.6. The molecule has 3 aliphatic heterocycles. The van der Waals surface area contributed by atoms with Gasteiger partial charge in [0.25, 0.3) is 0 Å². The van der Waals surface area contributed by atoms with Crippen LogP contribution in [0.2, 0.25) is 0 Å². The molecule has 9 aromatic rings. The lowest BCUT2D eigenvalue weighted by atomic mass is 9.42. The minimum Gasteiger partial charge on any atom is -0.456 e. The number of rotatable bonds is 3. The zero-order valence-electron chi connectivity index (χ0n) is 33.1. The van der Waals surface area contributed by atoms with Crippen molar-refractivity contribution in [2.45, 2.75) is 38.5 Å². The minimum absolute atomic E-state index is 0.0332. The number of para-hydroxylation sites is 3. The molecule has 276 valence electrons. The van der Waals surface area contributed by atoms with Gasteiger partial charge in [-0.25, -0.2) is 0 Å². The van der Waals surface area contributed by atoms with Gasteiger partial charge < -0.3 is 14.1 Å². The molecule has 4 heteroatoms. The summed E-state index contributed by atoms with van der Waals surface area (Å²) >= 11 is 0. The molecule has 0 saturated carbocycles. The van der Waals surface area contributed by atoms with Crippen molar-refractivity contribution in [3.05, 3.63) is 209 Å². The summed E-state index contributed by atoms with van der Waals surface area (Å²) in [6.07, 6.45) is 0. The first-order chi connectivity index (χ1) is 28.3. The lowest BCUT2D eigenvalue weighted by Gasteiger charge is -2.52. The maximum Gasteiger partial charge on any atom is 0.333 e. The van der Waals surface area contributed by atoms with Crippen molar-refractivity contribution in [1.82, 2.24) is 0 Å². The van der Waals surface area contributed by atoms with E-state index < -0.39 is 5.41 Å². The van der Waals surface area contributed by atoms with Crippen LogP contribution in [0.1, 0.15) is 54.2 Å². The van der Waals surface area contributed by atoms with Crippen LogP contribution in [0.15, 0.2) is 180 Å². The van der Waals surface area contributed by atoms with E-state index >= 15 is 0 Å². The first-order valence-corrected chi connectivity index (χ1v) is 20.5. The molecule has 0 unspecified atom stereocenters. The van der Waals surface area contributed by atoms with E-state index in [0.29, 0.717) is 0 Å². The van der Waals surface area contributed by atoms with Gasteiger partial charge in [-0.05, 0) is 98.6 Å². The minimum atomic E-state index is -0.558. The number of fused-ring (bicyclic) bond motifs is 9. The molecule has 1 aromatic heterocycles. The Morgan fingerprint density at radius 1 is 0.534 bits per heavy atom. The second-order valence-electron chi connectivity index (χ2n) is 17.4. The Labute approximate surface area is 339 Å². The van der Waals surface area contributed by atoms with Crippen molar-refractivity contribution in [2.24, 2.45) is 0 Å². The van der Waals surface area contributed by atoms with Gasteiger partial charge in [-0.1, -0.05) is 154 Å². The summed E-state index contributed by atoms with van der Waals surface area (Å²) in [4.78, 5) is 5.21. The van der Waals surface area contributed by atoms with E-state index in [9.17, 15) is 0 Å². The van der Waals surface area contributed by atoms with Crippen LogP contribution < -0.4 is 20.6 Å². The van der Waals surface area contributed by atoms with Crippen molar-refractivity contribution in [3.63, 3.8) is 0 Å². The maximum atomic E-state index is 6.65. The number of anilines is 5. The highest BCUT2D eigenvalue weighted by Gasteiger charge is 2.53. The summed E-state index contributed by atoms with van der Waals surface area (Å²) in [6.45, 7) is 9.01. The van der Waals surface area contributed by atoms with Gasteiger partial charge in [0.2, 0.25) is 0 Å². The third-order valence-corrected chi connectivity index (χ3v) is 13.1. The second kappa shape index (κ2) is 11.9. The van der Waals surface area contributed by atoms with Crippen molar-refractivity contribution in [1.29, 1.82) is 0 Å². The summed E-state index contributed by atoms with van der Waals surface area (Å²) < 4.78 is 6.65. The fraction of sp³-hybridized carbons (Fsp3) is 0.111. The number of nitrogens with zero attached hydrogens (tertiary/aromatic N) is 2. The highest BCUT2D eigenvalue weighted by Crippen LogP contribution is 2.59. The highest BCUT2D eigenvalue weighted by atomic mass is 16.3. The number of aryl methyl sites for hydroxylation is 1. The Hall–Kier alpha value is -6.78. The molecule has 0 aliphatic carbocycles. The summed E-state index contributed by atoms with van der Waals surface area (Å²) in [5.74, 6) is 0. The Kier molecular flexibility index (Phi) is 6.83. The number of hydrogen-bond acceptors (Lipinski definition) is 3. The van der Waals surface area contributed by atoms with Gasteiger partial charge in [0.1, 0.15) is 11.2 Å². The van der Waals surface area contributed by atoms with Crippen LogP contribution in [-0.4, -0.2) is 6.85 Å². The molecule has 0 N–H and O–H groups in total. The van der Waals surface area contributed by atoms with Crippen LogP contribution in [-0.2, 0) is 10.8 Å². The molecule has 3 nitrogen and oxygen atoms in total. The third kappa shape index (κ3) is 4.40. The molecular formula is C54H41BN2O. The highest BCUT2D eigenvalue weighted by molar-refractivity contribution is 6.93. The van der Waals surface area contributed by atoms with Crippen molar-refractivity contribution in [2.75, 3.05) is 9.71 Å². The number of hydrogen-bond donors (Lipinski definition) is 0. The molecule has 8 aromatic carbocycles. The van der Waals surface area contributed by atoms with Gasteiger partial charge in [-0.3, -0.25) is 0 Å². The van der Waals surface area contributed by atoms with Crippen LogP contribution in [0.25, 0.3) is 33.1 Å². The van der Waals surface area contributed by atoms with E-state index in [1.165, 1.54) is 72.5 Å². The monoisotopic (exact) mass is 744 g/mol. The zero-order chi connectivity index (χ0) is 38.9. The second-order valence-corrected chi connectivity index (χ2v) is 17.4.